The lowest BCUT2D eigenvalue weighted by Crippen LogP contribution is -1.88. The van der Waals surface area contributed by atoms with Crippen molar-refractivity contribution in [3.8, 4) is 6.07 Å². The monoisotopic (exact) mass is 156 g/mol. The van der Waals surface area contributed by atoms with Gasteiger partial charge in [-0.3, -0.25) is 0 Å². The third-order valence-electron chi connectivity index (χ3n) is 1.69. The van der Waals surface area contributed by atoms with Crippen molar-refractivity contribution in [2.24, 2.45) is 0 Å². The Hall–Kier alpha value is -1.55. The third-order valence-corrected chi connectivity index (χ3v) is 1.69. The lowest BCUT2D eigenvalue weighted by Gasteiger charge is -1.99. The van der Waals surface area contributed by atoms with Crippen molar-refractivity contribution in [1.82, 2.24) is 0 Å². The Morgan fingerprint density at radius 3 is 3.17 bits per heavy atom. The Balaban J connectivity index is 2.83. The molecule has 1 nitrogen and oxygen atoms in total. The van der Waals surface area contributed by atoms with Crippen molar-refractivity contribution in [2.75, 3.05) is 0 Å². The van der Waals surface area contributed by atoms with Gasteiger partial charge in [0.1, 0.15) is 0 Å². The predicted molar refractivity (Wildman–Crippen MR) is 48.5 cm³/mol. The minimum absolute atomic E-state index is 0.746. The van der Waals surface area contributed by atoms with Gasteiger partial charge in [0.25, 0.3) is 0 Å². The van der Waals surface area contributed by atoms with Crippen LogP contribution in [0, 0.1) is 17.4 Å². The van der Waals surface area contributed by atoms with Crippen molar-refractivity contribution in [1.29, 1.82) is 5.26 Å². The molecule has 0 aliphatic carbocycles. The summed E-state index contributed by atoms with van der Waals surface area (Å²) in [5, 5.41) is 8.73. The zero-order valence-electron chi connectivity index (χ0n) is 6.88. The van der Waals surface area contributed by atoms with E-state index in [2.05, 4.69) is 18.7 Å². The maximum atomic E-state index is 8.73. The van der Waals surface area contributed by atoms with Gasteiger partial charge in [0.15, 0.2) is 0 Å². The number of benzene rings is 1. The van der Waals surface area contributed by atoms with E-state index in [4.69, 9.17) is 5.26 Å². The Kier molecular flexibility index (Phi) is 3.10. The molecule has 1 aromatic rings. The van der Waals surface area contributed by atoms with Crippen molar-refractivity contribution in [3.63, 3.8) is 0 Å². The number of allylic oxidation sites excluding steroid dienone is 1. The van der Waals surface area contributed by atoms with Crippen LogP contribution in [0.1, 0.15) is 17.5 Å². The number of hydrogen-bond donors (Lipinski definition) is 0. The summed E-state index contributed by atoms with van der Waals surface area (Å²) in [5.74, 6) is 0. The van der Waals surface area contributed by atoms with E-state index in [-0.39, 0.29) is 0 Å². The van der Waals surface area contributed by atoms with Crippen LogP contribution in [0.3, 0.4) is 0 Å². The summed E-state index contributed by atoms with van der Waals surface area (Å²) in [5.41, 5.74) is 1.80. The second-order valence-electron chi connectivity index (χ2n) is 2.52. The Labute approximate surface area is 73.0 Å². The smallest absolute Gasteiger partial charge is 0.0994 e. The van der Waals surface area contributed by atoms with Crippen molar-refractivity contribution in [2.45, 2.75) is 12.8 Å². The molecule has 0 heterocycles. The van der Waals surface area contributed by atoms with Gasteiger partial charge in [-0.15, -0.1) is 6.58 Å². The number of rotatable bonds is 3. The normalized spacial score (nSPS) is 8.92. The maximum Gasteiger partial charge on any atom is 0.0994 e. The molecule has 12 heavy (non-hydrogen) atoms. The fourth-order valence-electron chi connectivity index (χ4n) is 1.04. The molecule has 0 aliphatic heterocycles. The molecular weight excluding hydrogens is 146 g/mol. The Morgan fingerprint density at radius 1 is 1.67 bits per heavy atom. The average molecular weight is 156 g/mol. The molecule has 0 saturated heterocycles. The molecule has 0 amide bonds. The quantitative estimate of drug-likeness (QED) is 0.617. The van der Waals surface area contributed by atoms with Crippen LogP contribution in [0.2, 0.25) is 0 Å². The third kappa shape index (κ3) is 1.96. The largest absolute Gasteiger partial charge is 0.192 e. The number of nitriles is 1. The van der Waals surface area contributed by atoms with E-state index in [1.807, 2.05) is 12.1 Å². The van der Waals surface area contributed by atoms with Gasteiger partial charge < -0.3 is 0 Å². The fraction of sp³-hybridized carbons (Fsp3) is 0.182. The topological polar surface area (TPSA) is 23.8 Å². The van der Waals surface area contributed by atoms with Crippen LogP contribution in [0.5, 0.6) is 0 Å². The molecule has 0 aliphatic rings. The van der Waals surface area contributed by atoms with Crippen LogP contribution in [0.15, 0.2) is 30.9 Å². The van der Waals surface area contributed by atoms with E-state index >= 15 is 0 Å². The molecule has 0 N–H and O–H groups in total. The summed E-state index contributed by atoms with van der Waals surface area (Å²) in [6.45, 7) is 3.64. The lowest BCUT2D eigenvalue weighted by atomic mass is 10.0. The maximum absolute atomic E-state index is 8.73. The van der Waals surface area contributed by atoms with Gasteiger partial charge in [-0.05, 0) is 36.6 Å². The molecule has 1 radical (unpaired) electrons. The van der Waals surface area contributed by atoms with Gasteiger partial charge in [0, 0.05) is 0 Å². The highest BCUT2D eigenvalue weighted by Gasteiger charge is 1.97. The number of aryl methyl sites for hydroxylation is 1. The minimum Gasteiger partial charge on any atom is -0.192 e. The van der Waals surface area contributed by atoms with E-state index in [1.54, 1.807) is 12.1 Å². The summed E-state index contributed by atoms with van der Waals surface area (Å²) in [6, 6.07) is 10.5. The average Bonchev–Trinajstić information content (AvgIpc) is 2.15. The van der Waals surface area contributed by atoms with Gasteiger partial charge in [-0.2, -0.15) is 5.26 Å². The van der Waals surface area contributed by atoms with Gasteiger partial charge in [0.05, 0.1) is 11.6 Å². The number of nitrogens with zero attached hydrogens (tertiary/aromatic N) is 1. The van der Waals surface area contributed by atoms with E-state index in [0.717, 1.165) is 24.0 Å². The molecule has 0 saturated carbocycles. The first-order chi connectivity index (χ1) is 5.88. The highest BCUT2D eigenvalue weighted by Crippen LogP contribution is 2.09. The number of hydrogen-bond acceptors (Lipinski definition) is 1. The molecule has 0 bridgehead atoms. The van der Waals surface area contributed by atoms with Gasteiger partial charge >= 0.3 is 0 Å². The first-order valence-corrected chi connectivity index (χ1v) is 3.88. The first kappa shape index (κ1) is 8.55. The van der Waals surface area contributed by atoms with Crippen molar-refractivity contribution < 1.29 is 0 Å². The fourth-order valence-corrected chi connectivity index (χ4v) is 1.04. The summed E-state index contributed by atoms with van der Waals surface area (Å²) >= 11 is 0. The molecule has 1 heteroatoms. The summed E-state index contributed by atoms with van der Waals surface area (Å²) < 4.78 is 0. The van der Waals surface area contributed by atoms with Gasteiger partial charge in [0.2, 0.25) is 0 Å². The molecule has 0 atom stereocenters. The predicted octanol–water partition coefficient (Wildman–Crippen LogP) is 2.48. The van der Waals surface area contributed by atoms with E-state index in [9.17, 15) is 0 Å². The molecule has 0 aromatic heterocycles. The summed E-state index contributed by atoms with van der Waals surface area (Å²) in [4.78, 5) is 0. The van der Waals surface area contributed by atoms with Crippen molar-refractivity contribution in [3.05, 3.63) is 48.0 Å². The van der Waals surface area contributed by atoms with Crippen LogP contribution in [-0.4, -0.2) is 0 Å². The van der Waals surface area contributed by atoms with Gasteiger partial charge in [-0.25, -0.2) is 0 Å². The Bertz CT molecular complexity index is 307. The van der Waals surface area contributed by atoms with E-state index < -0.39 is 0 Å². The second kappa shape index (κ2) is 4.35. The molecule has 0 spiro atoms. The second-order valence-corrected chi connectivity index (χ2v) is 2.52. The van der Waals surface area contributed by atoms with E-state index in [1.165, 1.54) is 0 Å². The lowest BCUT2D eigenvalue weighted by molar-refractivity contribution is 0.998. The summed E-state index contributed by atoms with van der Waals surface area (Å²) in [6.07, 6.45) is 3.64. The molecule has 59 valence electrons. The molecule has 0 unspecified atom stereocenters. The van der Waals surface area contributed by atoms with Crippen LogP contribution >= 0.6 is 0 Å². The van der Waals surface area contributed by atoms with Crippen LogP contribution in [0.4, 0.5) is 0 Å². The van der Waals surface area contributed by atoms with Crippen LogP contribution < -0.4 is 0 Å². The highest BCUT2D eigenvalue weighted by atomic mass is 14.2. The van der Waals surface area contributed by atoms with Crippen LogP contribution in [-0.2, 0) is 6.42 Å². The SMILES string of the molecule is C=CCCc1c[c]ccc1C#N. The van der Waals surface area contributed by atoms with Crippen molar-refractivity contribution >= 4 is 0 Å². The van der Waals surface area contributed by atoms with E-state index in [0.29, 0.717) is 0 Å². The molecule has 0 fully saturated rings. The van der Waals surface area contributed by atoms with Crippen LogP contribution in [0.25, 0.3) is 0 Å². The Morgan fingerprint density at radius 2 is 2.50 bits per heavy atom. The standard InChI is InChI=1S/C11H10N/c1-2-3-6-10-7-4-5-8-11(10)9-12/h2,5,7-8H,1,3,6H2. The zero-order valence-corrected chi connectivity index (χ0v) is 6.88. The first-order valence-electron chi connectivity index (χ1n) is 3.88. The summed E-state index contributed by atoms with van der Waals surface area (Å²) in [7, 11) is 0. The molecule has 1 aromatic carbocycles. The highest BCUT2D eigenvalue weighted by molar-refractivity contribution is 5.37. The molecule has 1 rings (SSSR count). The zero-order chi connectivity index (χ0) is 8.81. The minimum atomic E-state index is 0.746. The molecular formula is C11H10N. The van der Waals surface area contributed by atoms with Gasteiger partial charge in [-0.1, -0.05) is 12.1 Å².